The van der Waals surface area contributed by atoms with Gasteiger partial charge in [-0.2, -0.15) is 0 Å². The fourth-order valence-electron chi connectivity index (χ4n) is 1.82. The van der Waals surface area contributed by atoms with Crippen LogP contribution in [0.3, 0.4) is 0 Å². The van der Waals surface area contributed by atoms with E-state index >= 15 is 0 Å². The number of carbonyl (C=O) groups is 1. The van der Waals surface area contributed by atoms with Crippen LogP contribution < -0.4 is 5.32 Å². The summed E-state index contributed by atoms with van der Waals surface area (Å²) in [6.07, 6.45) is 2.07. The first-order chi connectivity index (χ1) is 7.59. The largest absolute Gasteiger partial charge is 0.459 e. The number of rotatable bonds is 2. The molecule has 1 aliphatic rings. The summed E-state index contributed by atoms with van der Waals surface area (Å²) < 4.78 is 28.2. The fourth-order valence-corrected chi connectivity index (χ4v) is 2.91. The van der Waals surface area contributed by atoms with Gasteiger partial charge in [0.05, 0.1) is 5.25 Å². The zero-order valence-electron chi connectivity index (χ0n) is 10.8. The molecule has 1 saturated heterocycles. The summed E-state index contributed by atoms with van der Waals surface area (Å²) in [7, 11) is -3.08. The van der Waals surface area contributed by atoms with E-state index in [9.17, 15) is 13.2 Å². The van der Waals surface area contributed by atoms with Gasteiger partial charge >= 0.3 is 5.97 Å². The highest BCUT2D eigenvalue weighted by Crippen LogP contribution is 2.19. The topological polar surface area (TPSA) is 72.5 Å². The van der Waals surface area contributed by atoms with Gasteiger partial charge in [0.2, 0.25) is 0 Å². The summed E-state index contributed by atoms with van der Waals surface area (Å²) >= 11 is 0. The first kappa shape index (κ1) is 14.4. The van der Waals surface area contributed by atoms with Gasteiger partial charge in [0.25, 0.3) is 0 Å². The average molecular weight is 263 g/mol. The maximum atomic E-state index is 11.8. The Morgan fingerprint density at radius 1 is 1.35 bits per heavy atom. The highest BCUT2D eigenvalue weighted by atomic mass is 32.2. The Morgan fingerprint density at radius 2 is 1.94 bits per heavy atom. The number of ether oxygens (including phenoxy) is 1. The van der Waals surface area contributed by atoms with Gasteiger partial charge in [-0.05, 0) is 40.2 Å². The van der Waals surface area contributed by atoms with Crippen molar-refractivity contribution >= 4 is 15.8 Å². The highest BCUT2D eigenvalue weighted by Gasteiger charge is 2.34. The molecule has 100 valence electrons. The maximum absolute atomic E-state index is 11.8. The fraction of sp³-hybridized carbons (Fsp3) is 0.909. The minimum absolute atomic E-state index is 0.299. The Hall–Kier alpha value is -0.620. The SMILES string of the molecule is CC(C)(C)OC(=O)C1CC(S(C)(=O)=O)CCN1. The van der Waals surface area contributed by atoms with Gasteiger partial charge in [0.1, 0.15) is 21.5 Å². The number of piperidine rings is 1. The van der Waals surface area contributed by atoms with Crippen molar-refractivity contribution in [1.82, 2.24) is 5.32 Å². The molecule has 0 aromatic rings. The third-order valence-electron chi connectivity index (χ3n) is 2.65. The van der Waals surface area contributed by atoms with Crippen LogP contribution in [-0.4, -0.2) is 44.1 Å². The summed E-state index contributed by atoms with van der Waals surface area (Å²) in [5.74, 6) is -0.370. The van der Waals surface area contributed by atoms with Crippen LogP contribution in [0.2, 0.25) is 0 Å². The van der Waals surface area contributed by atoms with Crippen molar-refractivity contribution in [3.8, 4) is 0 Å². The molecule has 17 heavy (non-hydrogen) atoms. The van der Waals surface area contributed by atoms with E-state index in [4.69, 9.17) is 4.74 Å². The van der Waals surface area contributed by atoms with Gasteiger partial charge in [-0.15, -0.1) is 0 Å². The molecule has 0 saturated carbocycles. The van der Waals surface area contributed by atoms with Crippen molar-refractivity contribution in [3.63, 3.8) is 0 Å². The van der Waals surface area contributed by atoms with E-state index < -0.39 is 26.7 Å². The van der Waals surface area contributed by atoms with Gasteiger partial charge in [-0.3, -0.25) is 4.79 Å². The van der Waals surface area contributed by atoms with Gasteiger partial charge in [0, 0.05) is 6.26 Å². The van der Waals surface area contributed by atoms with Crippen LogP contribution in [-0.2, 0) is 19.4 Å². The molecule has 1 heterocycles. The van der Waals surface area contributed by atoms with Crippen LogP contribution in [0.25, 0.3) is 0 Å². The van der Waals surface area contributed by atoms with E-state index in [-0.39, 0.29) is 5.97 Å². The lowest BCUT2D eigenvalue weighted by molar-refractivity contribution is -0.158. The zero-order chi connectivity index (χ0) is 13.3. The monoisotopic (exact) mass is 263 g/mol. The van der Waals surface area contributed by atoms with Gasteiger partial charge in [0.15, 0.2) is 0 Å². The normalized spacial score (nSPS) is 26.6. The van der Waals surface area contributed by atoms with Gasteiger partial charge < -0.3 is 10.1 Å². The molecule has 0 aromatic carbocycles. The second-order valence-electron chi connectivity index (χ2n) is 5.52. The lowest BCUT2D eigenvalue weighted by Gasteiger charge is -2.30. The minimum atomic E-state index is -3.08. The lowest BCUT2D eigenvalue weighted by Crippen LogP contribution is -2.49. The summed E-state index contributed by atoms with van der Waals surface area (Å²) in [6.45, 7) is 5.91. The number of hydrogen-bond donors (Lipinski definition) is 1. The summed E-state index contributed by atoms with van der Waals surface area (Å²) in [5, 5.41) is 2.56. The molecule has 1 fully saturated rings. The van der Waals surface area contributed by atoms with Crippen molar-refractivity contribution in [2.45, 2.75) is 50.5 Å². The Kier molecular flexibility index (Phi) is 4.19. The van der Waals surface area contributed by atoms with E-state index in [1.165, 1.54) is 6.26 Å². The second-order valence-corrected chi connectivity index (χ2v) is 7.84. The highest BCUT2D eigenvalue weighted by molar-refractivity contribution is 7.91. The predicted molar refractivity (Wildman–Crippen MR) is 65.5 cm³/mol. The summed E-state index contributed by atoms with van der Waals surface area (Å²) in [4.78, 5) is 11.8. The number of carbonyl (C=O) groups excluding carboxylic acids is 1. The molecule has 0 bridgehead atoms. The smallest absolute Gasteiger partial charge is 0.323 e. The van der Waals surface area contributed by atoms with Crippen molar-refractivity contribution in [2.24, 2.45) is 0 Å². The van der Waals surface area contributed by atoms with Crippen LogP contribution in [0.5, 0.6) is 0 Å². The molecule has 6 heteroatoms. The molecule has 1 rings (SSSR count). The van der Waals surface area contributed by atoms with Crippen LogP contribution in [0, 0.1) is 0 Å². The number of esters is 1. The number of nitrogens with one attached hydrogen (secondary N) is 1. The van der Waals surface area contributed by atoms with E-state index in [1.54, 1.807) is 20.8 Å². The van der Waals surface area contributed by atoms with Crippen LogP contribution in [0.4, 0.5) is 0 Å². The third-order valence-corrected chi connectivity index (χ3v) is 4.29. The van der Waals surface area contributed by atoms with E-state index in [0.717, 1.165) is 0 Å². The Morgan fingerprint density at radius 3 is 2.41 bits per heavy atom. The molecular formula is C11H21NO4S. The molecule has 1 N–H and O–H groups in total. The molecule has 5 nitrogen and oxygen atoms in total. The second kappa shape index (κ2) is 4.94. The summed E-state index contributed by atoms with van der Waals surface area (Å²) in [6, 6.07) is -0.511. The van der Waals surface area contributed by atoms with E-state index in [1.807, 2.05) is 0 Å². The lowest BCUT2D eigenvalue weighted by atomic mass is 10.0. The average Bonchev–Trinajstić information content (AvgIpc) is 2.14. The van der Waals surface area contributed by atoms with Crippen LogP contribution >= 0.6 is 0 Å². The Bertz CT molecular complexity index is 383. The molecule has 2 atom stereocenters. The molecule has 1 aliphatic heterocycles. The maximum Gasteiger partial charge on any atom is 0.323 e. The number of hydrogen-bond acceptors (Lipinski definition) is 5. The van der Waals surface area contributed by atoms with Crippen LogP contribution in [0.1, 0.15) is 33.6 Å². The third kappa shape index (κ3) is 4.63. The molecule has 0 aromatic heterocycles. The first-order valence-corrected chi connectivity index (χ1v) is 7.70. The van der Waals surface area contributed by atoms with Crippen LogP contribution in [0.15, 0.2) is 0 Å². The Labute approximate surface area is 103 Å². The predicted octanol–water partition coefficient (Wildman–Crippen LogP) is 0.493. The van der Waals surface area contributed by atoms with Crippen molar-refractivity contribution < 1.29 is 17.9 Å². The minimum Gasteiger partial charge on any atom is -0.459 e. The summed E-state index contributed by atoms with van der Waals surface area (Å²) in [5.41, 5.74) is -0.545. The van der Waals surface area contributed by atoms with Crippen molar-refractivity contribution in [3.05, 3.63) is 0 Å². The zero-order valence-corrected chi connectivity index (χ0v) is 11.6. The quantitative estimate of drug-likeness (QED) is 0.734. The van der Waals surface area contributed by atoms with Crippen molar-refractivity contribution in [1.29, 1.82) is 0 Å². The molecule has 0 spiro atoms. The standard InChI is InChI=1S/C11H21NO4S/c1-11(2,3)16-10(13)9-7-8(5-6-12-9)17(4,14)15/h8-9,12H,5-7H2,1-4H3. The number of sulfone groups is 1. The van der Waals surface area contributed by atoms with Gasteiger partial charge in [-0.25, -0.2) is 8.42 Å². The van der Waals surface area contributed by atoms with Crippen molar-refractivity contribution in [2.75, 3.05) is 12.8 Å². The molecule has 0 amide bonds. The van der Waals surface area contributed by atoms with E-state index in [0.29, 0.717) is 19.4 Å². The molecule has 2 unspecified atom stereocenters. The molecular weight excluding hydrogens is 242 g/mol. The molecule has 0 aliphatic carbocycles. The molecule has 0 radical (unpaired) electrons. The Balaban J connectivity index is 2.64. The van der Waals surface area contributed by atoms with E-state index in [2.05, 4.69) is 5.32 Å². The first-order valence-electron chi connectivity index (χ1n) is 5.75. The van der Waals surface area contributed by atoms with Gasteiger partial charge in [-0.1, -0.05) is 0 Å².